The summed E-state index contributed by atoms with van der Waals surface area (Å²) < 4.78 is 44.8. The lowest BCUT2D eigenvalue weighted by atomic mass is 9.99. The molecule has 1 aliphatic carbocycles. The van der Waals surface area contributed by atoms with Gasteiger partial charge in [0.05, 0.1) is 5.69 Å². The van der Waals surface area contributed by atoms with E-state index in [4.69, 9.17) is 4.74 Å². The molecule has 1 N–H and O–H groups in total. The number of fused-ring (bicyclic) bond motifs is 1. The first-order valence-corrected chi connectivity index (χ1v) is 8.95. The predicted molar refractivity (Wildman–Crippen MR) is 90.8 cm³/mol. The van der Waals surface area contributed by atoms with Crippen molar-refractivity contribution in [1.82, 2.24) is 0 Å². The van der Waals surface area contributed by atoms with E-state index in [0.717, 1.165) is 42.2 Å². The Bertz CT molecular complexity index is 842. The van der Waals surface area contributed by atoms with Crippen LogP contribution in [0.4, 0.5) is 18.9 Å². The maximum atomic E-state index is 13.6. The first-order chi connectivity index (χ1) is 12.4. The summed E-state index contributed by atoms with van der Waals surface area (Å²) in [5, 5.41) is 2.09. The van der Waals surface area contributed by atoms with Crippen LogP contribution in [-0.4, -0.2) is 18.0 Å². The second-order valence-electron chi connectivity index (χ2n) is 6.03. The highest BCUT2D eigenvalue weighted by Crippen LogP contribution is 2.30. The molecule has 0 saturated heterocycles. The molecule has 0 bridgehead atoms. The maximum Gasteiger partial charge on any atom is 0.349 e. The van der Waals surface area contributed by atoms with Gasteiger partial charge in [0.25, 0.3) is 5.91 Å². The van der Waals surface area contributed by atoms with Gasteiger partial charge in [-0.3, -0.25) is 4.79 Å². The molecular weight excluding hydrogens is 367 g/mol. The van der Waals surface area contributed by atoms with Gasteiger partial charge in [-0.2, -0.15) is 0 Å². The number of carbonyl (C=O) groups excluding carboxylic acids is 2. The first kappa shape index (κ1) is 18.4. The van der Waals surface area contributed by atoms with Gasteiger partial charge >= 0.3 is 5.97 Å². The van der Waals surface area contributed by atoms with E-state index in [1.54, 1.807) is 6.07 Å². The number of thiophene rings is 1. The molecule has 1 aromatic carbocycles. The van der Waals surface area contributed by atoms with Crippen LogP contribution in [0, 0.1) is 17.5 Å². The molecule has 26 heavy (non-hydrogen) atoms. The maximum absolute atomic E-state index is 13.6. The summed E-state index contributed by atoms with van der Waals surface area (Å²) in [4.78, 5) is 25.8. The minimum Gasteiger partial charge on any atom is -0.448 e. The van der Waals surface area contributed by atoms with Crippen molar-refractivity contribution < 1.29 is 27.5 Å². The molecule has 3 rings (SSSR count). The first-order valence-electron chi connectivity index (χ1n) is 8.13. The van der Waals surface area contributed by atoms with E-state index in [0.29, 0.717) is 10.9 Å². The van der Waals surface area contributed by atoms with Crippen LogP contribution in [0.3, 0.4) is 0 Å². The second kappa shape index (κ2) is 7.49. The summed E-state index contributed by atoms with van der Waals surface area (Å²) in [6, 6.07) is 3.37. The van der Waals surface area contributed by atoms with Gasteiger partial charge in [0, 0.05) is 4.88 Å². The van der Waals surface area contributed by atoms with E-state index in [-0.39, 0.29) is 0 Å². The molecule has 0 unspecified atom stereocenters. The molecule has 138 valence electrons. The van der Waals surface area contributed by atoms with E-state index in [1.807, 2.05) is 0 Å². The quantitative estimate of drug-likeness (QED) is 0.635. The Kier molecular flexibility index (Phi) is 5.31. The van der Waals surface area contributed by atoms with Gasteiger partial charge in [0.2, 0.25) is 0 Å². The smallest absolute Gasteiger partial charge is 0.349 e. The molecule has 1 aromatic heterocycles. The lowest BCUT2D eigenvalue weighted by Gasteiger charge is -2.13. The lowest BCUT2D eigenvalue weighted by molar-refractivity contribution is -0.123. The number of hydrogen-bond donors (Lipinski definition) is 1. The molecule has 1 atom stereocenters. The number of rotatable bonds is 4. The molecule has 0 aliphatic heterocycles. The van der Waals surface area contributed by atoms with Crippen molar-refractivity contribution in [3.63, 3.8) is 0 Å². The summed E-state index contributed by atoms with van der Waals surface area (Å²) in [6.45, 7) is 1.32. The highest BCUT2D eigenvalue weighted by Gasteiger charge is 2.24. The Hall–Kier alpha value is -2.35. The summed E-state index contributed by atoms with van der Waals surface area (Å²) in [7, 11) is 0. The number of anilines is 1. The van der Waals surface area contributed by atoms with Gasteiger partial charge in [0.1, 0.15) is 4.88 Å². The van der Waals surface area contributed by atoms with Crippen molar-refractivity contribution in [3.05, 3.63) is 51.0 Å². The van der Waals surface area contributed by atoms with Crippen molar-refractivity contribution in [3.8, 4) is 0 Å². The number of esters is 1. The van der Waals surface area contributed by atoms with Gasteiger partial charge in [-0.15, -0.1) is 11.3 Å². The average molecular weight is 383 g/mol. The van der Waals surface area contributed by atoms with E-state index in [1.165, 1.54) is 18.3 Å². The number of halogens is 3. The number of amides is 1. The Morgan fingerprint density at radius 2 is 1.88 bits per heavy atom. The number of ether oxygens (including phenoxy) is 1. The van der Waals surface area contributed by atoms with Crippen LogP contribution in [0.1, 0.15) is 39.9 Å². The zero-order valence-corrected chi connectivity index (χ0v) is 14.7. The van der Waals surface area contributed by atoms with Crippen molar-refractivity contribution in [2.45, 2.75) is 38.7 Å². The number of nitrogens with one attached hydrogen (secondary N) is 1. The zero-order chi connectivity index (χ0) is 18.8. The highest BCUT2D eigenvalue weighted by atomic mass is 32.1. The summed E-state index contributed by atoms with van der Waals surface area (Å²) in [5.41, 5.74) is 0.609. The minimum atomic E-state index is -1.68. The molecule has 0 radical (unpaired) electrons. The third-order valence-corrected chi connectivity index (χ3v) is 5.36. The van der Waals surface area contributed by atoms with E-state index < -0.39 is 41.1 Å². The number of benzene rings is 1. The third kappa shape index (κ3) is 3.75. The van der Waals surface area contributed by atoms with Crippen LogP contribution in [-0.2, 0) is 22.4 Å². The van der Waals surface area contributed by atoms with Crippen LogP contribution in [0.25, 0.3) is 0 Å². The van der Waals surface area contributed by atoms with Crippen molar-refractivity contribution in [1.29, 1.82) is 0 Å². The van der Waals surface area contributed by atoms with Gasteiger partial charge < -0.3 is 10.1 Å². The standard InChI is InChI=1S/C18H16F3NO3S/c1-9(17(23)22-12-7-6-11(19)15(20)16(12)21)25-18(24)14-8-10-4-2-3-5-13(10)26-14/h6-9H,2-5H2,1H3,(H,22,23)/t9-/m1/s1. The monoisotopic (exact) mass is 383 g/mol. The third-order valence-electron chi connectivity index (χ3n) is 4.14. The van der Waals surface area contributed by atoms with Gasteiger partial charge in [0.15, 0.2) is 23.6 Å². The molecule has 0 spiro atoms. The van der Waals surface area contributed by atoms with E-state index in [2.05, 4.69) is 5.32 Å². The Balaban J connectivity index is 1.65. The van der Waals surface area contributed by atoms with E-state index >= 15 is 0 Å². The molecule has 2 aromatic rings. The SMILES string of the molecule is C[C@@H](OC(=O)c1cc2c(s1)CCCC2)C(=O)Nc1ccc(F)c(F)c1F. The fourth-order valence-electron chi connectivity index (χ4n) is 2.72. The number of hydrogen-bond acceptors (Lipinski definition) is 4. The summed E-state index contributed by atoms with van der Waals surface area (Å²) in [6.07, 6.45) is 2.79. The number of carbonyl (C=O) groups is 2. The highest BCUT2D eigenvalue weighted by molar-refractivity contribution is 7.14. The van der Waals surface area contributed by atoms with Crippen LogP contribution >= 0.6 is 11.3 Å². The molecule has 8 heteroatoms. The fraction of sp³-hybridized carbons (Fsp3) is 0.333. The van der Waals surface area contributed by atoms with Crippen molar-refractivity contribution in [2.75, 3.05) is 5.32 Å². The van der Waals surface area contributed by atoms with Crippen LogP contribution in [0.15, 0.2) is 18.2 Å². The molecule has 1 heterocycles. The average Bonchev–Trinajstić information content (AvgIpc) is 3.06. The topological polar surface area (TPSA) is 55.4 Å². The van der Waals surface area contributed by atoms with Crippen LogP contribution in [0.5, 0.6) is 0 Å². The molecule has 1 amide bonds. The van der Waals surface area contributed by atoms with Crippen LogP contribution in [0.2, 0.25) is 0 Å². The minimum absolute atomic E-state index is 0.413. The molecule has 0 fully saturated rings. The molecule has 4 nitrogen and oxygen atoms in total. The van der Waals surface area contributed by atoms with Gasteiger partial charge in [-0.25, -0.2) is 18.0 Å². The molecule has 1 aliphatic rings. The lowest BCUT2D eigenvalue weighted by Crippen LogP contribution is -2.30. The second-order valence-corrected chi connectivity index (χ2v) is 7.16. The molecule has 0 saturated carbocycles. The van der Waals surface area contributed by atoms with Gasteiger partial charge in [-0.05, 0) is 56.4 Å². The van der Waals surface area contributed by atoms with E-state index in [9.17, 15) is 22.8 Å². The zero-order valence-electron chi connectivity index (χ0n) is 13.9. The van der Waals surface area contributed by atoms with Crippen LogP contribution < -0.4 is 5.32 Å². The summed E-state index contributed by atoms with van der Waals surface area (Å²) in [5.74, 6) is -6.04. The fourth-order valence-corrected chi connectivity index (χ4v) is 3.86. The normalized spacial score (nSPS) is 14.5. The van der Waals surface area contributed by atoms with Crippen molar-refractivity contribution >= 4 is 28.9 Å². The predicted octanol–water partition coefficient (Wildman–Crippen LogP) is 4.23. The van der Waals surface area contributed by atoms with Gasteiger partial charge in [-0.1, -0.05) is 0 Å². The Morgan fingerprint density at radius 3 is 2.62 bits per heavy atom. The summed E-state index contributed by atoms with van der Waals surface area (Å²) >= 11 is 1.35. The Morgan fingerprint density at radius 1 is 1.15 bits per heavy atom. The van der Waals surface area contributed by atoms with Crippen molar-refractivity contribution in [2.24, 2.45) is 0 Å². The molecular formula is C18H16F3NO3S. The number of aryl methyl sites for hydroxylation is 2. The Labute approximate surface area is 152 Å². The largest absolute Gasteiger partial charge is 0.448 e.